The number of nitrogens with one attached hydrogen (secondary N) is 1. The molecule has 27 heavy (non-hydrogen) atoms. The molecule has 0 saturated carbocycles. The Labute approximate surface area is 157 Å². The lowest BCUT2D eigenvalue weighted by atomic mass is 10.0. The molecule has 2 heterocycles. The molecule has 0 radical (unpaired) electrons. The molecule has 146 valence electrons. The van der Waals surface area contributed by atoms with Crippen molar-refractivity contribution in [2.24, 2.45) is 5.92 Å². The van der Waals surface area contributed by atoms with E-state index < -0.39 is 37.2 Å². The quantitative estimate of drug-likeness (QED) is 0.520. The molecule has 1 saturated heterocycles. The van der Waals surface area contributed by atoms with Gasteiger partial charge < -0.3 is 24.9 Å². The van der Waals surface area contributed by atoms with Crippen molar-refractivity contribution in [2.75, 3.05) is 6.54 Å². The van der Waals surface area contributed by atoms with Crippen LogP contribution in [0.4, 0.5) is 0 Å². The van der Waals surface area contributed by atoms with Crippen LogP contribution >= 0.6 is 0 Å². The minimum Gasteiger partial charge on any atom is -0.484 e. The minimum absolute atomic E-state index is 0.0832. The number of rotatable bonds is 7. The van der Waals surface area contributed by atoms with Gasteiger partial charge in [0.25, 0.3) is 5.91 Å². The first kappa shape index (κ1) is 20.8. The second-order valence-corrected chi connectivity index (χ2v) is 6.70. The summed E-state index contributed by atoms with van der Waals surface area (Å²) in [5.41, 5.74) is 0.0832. The van der Waals surface area contributed by atoms with Gasteiger partial charge in [0, 0.05) is 18.9 Å². The van der Waals surface area contributed by atoms with Crippen molar-refractivity contribution >= 4 is 25.1 Å². The lowest BCUT2D eigenvalue weighted by molar-refractivity contribution is -0.149. The van der Waals surface area contributed by atoms with Crippen LogP contribution in [-0.4, -0.2) is 68.6 Å². The molecule has 2 atom stereocenters. The summed E-state index contributed by atoms with van der Waals surface area (Å²) in [5, 5.41) is 20.3. The standard InChI is InChI=1S/C16H23BN4O6/c1-10(2)8-11(20-14(22)12-9-18-5-6-19-12)15(23)21-7-3-4-13(21)16(24)27-17(25)26/h5-6,9-11,13,25-26H,3-4,7-8H2,1-2H3,(H,20,22)/t11-,13-/m0/s1. The second-order valence-electron chi connectivity index (χ2n) is 6.70. The zero-order valence-electron chi connectivity index (χ0n) is 15.2. The first-order chi connectivity index (χ1) is 12.8. The Bertz CT molecular complexity index is 672. The molecule has 10 nitrogen and oxygen atoms in total. The van der Waals surface area contributed by atoms with E-state index in [0.29, 0.717) is 25.8 Å². The number of likely N-dealkylation sites (tertiary alicyclic amines) is 1. The van der Waals surface area contributed by atoms with E-state index in [1.807, 2.05) is 13.8 Å². The molecule has 2 amide bonds. The van der Waals surface area contributed by atoms with Crippen molar-refractivity contribution in [1.82, 2.24) is 20.2 Å². The van der Waals surface area contributed by atoms with E-state index in [2.05, 4.69) is 19.9 Å². The van der Waals surface area contributed by atoms with Gasteiger partial charge in [0.05, 0.1) is 6.20 Å². The molecule has 1 aromatic heterocycles. The molecule has 0 aliphatic carbocycles. The van der Waals surface area contributed by atoms with E-state index in [-0.39, 0.29) is 11.6 Å². The van der Waals surface area contributed by atoms with E-state index in [9.17, 15) is 14.4 Å². The molecular weight excluding hydrogens is 355 g/mol. The smallest absolute Gasteiger partial charge is 0.484 e. The number of aromatic nitrogens is 2. The summed E-state index contributed by atoms with van der Waals surface area (Å²) in [6.07, 6.45) is 5.39. The van der Waals surface area contributed by atoms with Crippen molar-refractivity contribution in [2.45, 2.75) is 45.2 Å². The van der Waals surface area contributed by atoms with Crippen molar-refractivity contribution < 1.29 is 29.1 Å². The topological polar surface area (TPSA) is 142 Å². The van der Waals surface area contributed by atoms with Crippen LogP contribution in [0.3, 0.4) is 0 Å². The first-order valence-electron chi connectivity index (χ1n) is 8.73. The minimum atomic E-state index is -2.24. The van der Waals surface area contributed by atoms with Gasteiger partial charge in [0.1, 0.15) is 17.8 Å². The Balaban J connectivity index is 2.13. The largest absolute Gasteiger partial charge is 0.709 e. The third-order valence-electron chi connectivity index (χ3n) is 4.14. The maximum atomic E-state index is 13.0. The van der Waals surface area contributed by atoms with Gasteiger partial charge in [-0.15, -0.1) is 0 Å². The van der Waals surface area contributed by atoms with Crippen LogP contribution in [0.5, 0.6) is 0 Å². The van der Waals surface area contributed by atoms with Crippen molar-refractivity contribution in [3.63, 3.8) is 0 Å². The Hall–Kier alpha value is -2.53. The number of hydrogen-bond acceptors (Lipinski definition) is 8. The lowest BCUT2D eigenvalue weighted by Crippen LogP contribution is -2.52. The summed E-state index contributed by atoms with van der Waals surface area (Å²) in [6, 6.07) is -1.77. The van der Waals surface area contributed by atoms with Crippen LogP contribution in [0, 0.1) is 5.92 Å². The number of amides is 2. The molecule has 1 aliphatic rings. The maximum absolute atomic E-state index is 13.0. The van der Waals surface area contributed by atoms with Crippen LogP contribution in [0.25, 0.3) is 0 Å². The number of hydrogen-bond donors (Lipinski definition) is 3. The molecule has 0 spiro atoms. The van der Waals surface area contributed by atoms with Crippen LogP contribution < -0.4 is 5.32 Å². The number of nitrogens with zero attached hydrogens (tertiary/aromatic N) is 3. The molecule has 0 unspecified atom stereocenters. The van der Waals surface area contributed by atoms with Crippen molar-refractivity contribution in [3.05, 3.63) is 24.3 Å². The highest BCUT2D eigenvalue weighted by Crippen LogP contribution is 2.21. The molecule has 2 rings (SSSR count). The van der Waals surface area contributed by atoms with Crippen LogP contribution in [0.15, 0.2) is 18.6 Å². The lowest BCUT2D eigenvalue weighted by Gasteiger charge is -2.29. The Morgan fingerprint density at radius 2 is 2.11 bits per heavy atom. The SMILES string of the molecule is CC(C)C[C@H](NC(=O)c1cnccn1)C(=O)N1CCC[C@H]1C(=O)OB(O)O. The molecule has 3 N–H and O–H groups in total. The second kappa shape index (κ2) is 9.42. The molecule has 1 aromatic rings. The highest BCUT2D eigenvalue weighted by Gasteiger charge is 2.39. The summed E-state index contributed by atoms with van der Waals surface area (Å²) in [7, 11) is -2.24. The highest BCUT2D eigenvalue weighted by atomic mass is 16.6. The Morgan fingerprint density at radius 3 is 2.70 bits per heavy atom. The average molecular weight is 378 g/mol. The van der Waals surface area contributed by atoms with Gasteiger partial charge in [-0.05, 0) is 25.2 Å². The van der Waals surface area contributed by atoms with Crippen LogP contribution in [0.2, 0.25) is 0 Å². The fourth-order valence-electron chi connectivity index (χ4n) is 3.00. The summed E-state index contributed by atoms with van der Waals surface area (Å²) in [4.78, 5) is 46.4. The maximum Gasteiger partial charge on any atom is 0.709 e. The molecule has 1 aliphatic heterocycles. The van der Waals surface area contributed by atoms with Gasteiger partial charge >= 0.3 is 13.3 Å². The fourth-order valence-corrected chi connectivity index (χ4v) is 3.00. The third kappa shape index (κ3) is 5.73. The zero-order chi connectivity index (χ0) is 20.0. The third-order valence-corrected chi connectivity index (χ3v) is 4.14. The normalized spacial score (nSPS) is 17.5. The van der Waals surface area contributed by atoms with Crippen molar-refractivity contribution in [3.8, 4) is 0 Å². The van der Waals surface area contributed by atoms with Gasteiger partial charge in [0.15, 0.2) is 0 Å². The van der Waals surface area contributed by atoms with Gasteiger partial charge in [-0.25, -0.2) is 4.98 Å². The fraction of sp³-hybridized carbons (Fsp3) is 0.562. The summed E-state index contributed by atoms with van der Waals surface area (Å²) in [5.74, 6) is -1.74. The van der Waals surface area contributed by atoms with E-state index in [1.165, 1.54) is 23.5 Å². The van der Waals surface area contributed by atoms with Crippen molar-refractivity contribution in [1.29, 1.82) is 0 Å². The van der Waals surface area contributed by atoms with Gasteiger partial charge in [-0.1, -0.05) is 13.8 Å². The number of carbonyl (C=O) groups excluding carboxylic acids is 3. The molecule has 11 heteroatoms. The molecular formula is C16H23BN4O6. The Kier molecular flexibility index (Phi) is 7.25. The van der Waals surface area contributed by atoms with E-state index in [0.717, 1.165) is 0 Å². The predicted molar refractivity (Wildman–Crippen MR) is 93.8 cm³/mol. The summed E-state index contributed by atoms with van der Waals surface area (Å²) >= 11 is 0. The Morgan fingerprint density at radius 1 is 1.37 bits per heavy atom. The van der Waals surface area contributed by atoms with E-state index >= 15 is 0 Å². The first-order valence-corrected chi connectivity index (χ1v) is 8.73. The van der Waals surface area contributed by atoms with E-state index in [1.54, 1.807) is 0 Å². The molecule has 1 fully saturated rings. The van der Waals surface area contributed by atoms with Crippen LogP contribution in [-0.2, 0) is 14.2 Å². The molecule has 0 aromatic carbocycles. The highest BCUT2D eigenvalue weighted by molar-refractivity contribution is 6.36. The average Bonchev–Trinajstić information content (AvgIpc) is 3.10. The predicted octanol–water partition coefficient (Wildman–Crippen LogP) is -0.875. The van der Waals surface area contributed by atoms with Gasteiger partial charge in [-0.2, -0.15) is 0 Å². The van der Waals surface area contributed by atoms with Gasteiger partial charge in [0.2, 0.25) is 5.91 Å². The summed E-state index contributed by atoms with van der Waals surface area (Å²) in [6.45, 7) is 4.13. The number of carbonyl (C=O) groups is 3. The van der Waals surface area contributed by atoms with Gasteiger partial charge in [-0.3, -0.25) is 19.4 Å². The summed E-state index contributed by atoms with van der Waals surface area (Å²) < 4.78 is 4.40. The molecule has 0 bridgehead atoms. The van der Waals surface area contributed by atoms with E-state index in [4.69, 9.17) is 10.0 Å². The zero-order valence-corrected chi connectivity index (χ0v) is 15.2. The van der Waals surface area contributed by atoms with Crippen LogP contribution in [0.1, 0.15) is 43.6 Å². The monoisotopic (exact) mass is 378 g/mol.